The molecule has 0 fully saturated rings. The van der Waals surface area contributed by atoms with E-state index in [0.717, 1.165) is 0 Å². The van der Waals surface area contributed by atoms with Crippen LogP contribution in [-0.4, -0.2) is 25.1 Å². The molecule has 7 heteroatoms. The largest absolute Gasteiger partial charge is 0.497 e. The molecular weight excluding hydrogens is 288 g/mol. The van der Waals surface area contributed by atoms with Crippen molar-refractivity contribution in [2.45, 2.75) is 0 Å². The number of carbonyl (C=O) groups is 1. The number of nitro groups is 1. The van der Waals surface area contributed by atoms with Gasteiger partial charge >= 0.3 is 5.69 Å². The molecule has 0 aliphatic heterocycles. The first-order valence-electron chi connectivity index (χ1n) is 6.33. The summed E-state index contributed by atoms with van der Waals surface area (Å²) in [5.74, 6) is 0.237. The van der Waals surface area contributed by atoms with Crippen molar-refractivity contribution in [3.63, 3.8) is 0 Å². The second kappa shape index (κ2) is 6.57. The quantitative estimate of drug-likeness (QED) is 0.677. The predicted molar refractivity (Wildman–Crippen MR) is 80.6 cm³/mol. The van der Waals surface area contributed by atoms with Gasteiger partial charge in [0.15, 0.2) is 5.75 Å². The minimum Gasteiger partial charge on any atom is -0.497 e. The van der Waals surface area contributed by atoms with Crippen LogP contribution >= 0.6 is 0 Å². The highest BCUT2D eigenvalue weighted by molar-refractivity contribution is 6.05. The predicted octanol–water partition coefficient (Wildman–Crippen LogP) is 2.86. The summed E-state index contributed by atoms with van der Waals surface area (Å²) < 4.78 is 9.97. The lowest BCUT2D eigenvalue weighted by molar-refractivity contribution is -0.384. The number of para-hydroxylation sites is 1. The molecule has 2 rings (SSSR count). The molecule has 0 aromatic heterocycles. The van der Waals surface area contributed by atoms with Gasteiger partial charge in [-0.25, -0.2) is 0 Å². The fourth-order valence-electron chi connectivity index (χ4n) is 1.91. The molecule has 7 nitrogen and oxygen atoms in total. The van der Waals surface area contributed by atoms with E-state index in [1.165, 1.54) is 26.4 Å². The minimum absolute atomic E-state index is 0.0742. The molecule has 0 unspecified atom stereocenters. The molecule has 1 amide bonds. The number of hydrogen-bond donors (Lipinski definition) is 1. The van der Waals surface area contributed by atoms with E-state index in [1.54, 1.807) is 30.3 Å². The zero-order valence-corrected chi connectivity index (χ0v) is 12.0. The Kier molecular flexibility index (Phi) is 4.57. The number of amides is 1. The number of anilines is 1. The Hall–Kier alpha value is -3.09. The van der Waals surface area contributed by atoms with E-state index in [0.29, 0.717) is 11.3 Å². The highest BCUT2D eigenvalue weighted by Crippen LogP contribution is 2.34. The summed E-state index contributed by atoms with van der Waals surface area (Å²) >= 11 is 0. The summed E-state index contributed by atoms with van der Waals surface area (Å²) in [7, 11) is 2.85. The van der Waals surface area contributed by atoms with Gasteiger partial charge < -0.3 is 14.8 Å². The standard InChI is InChI=1S/C15H14N2O5/c1-21-11-8-6-10(7-9-11)15(18)16-12-4-3-5-13(22-2)14(12)17(19)20/h3-9H,1-2H3,(H,16,18). The smallest absolute Gasteiger partial charge is 0.334 e. The summed E-state index contributed by atoms with van der Waals surface area (Å²) in [6.45, 7) is 0. The Labute approximate surface area is 126 Å². The molecule has 0 radical (unpaired) electrons. The molecule has 22 heavy (non-hydrogen) atoms. The highest BCUT2D eigenvalue weighted by atomic mass is 16.6. The van der Waals surface area contributed by atoms with Gasteiger partial charge in [0.25, 0.3) is 5.91 Å². The molecule has 2 aromatic rings. The molecule has 0 spiro atoms. The fraction of sp³-hybridized carbons (Fsp3) is 0.133. The van der Waals surface area contributed by atoms with Crippen LogP contribution in [0.3, 0.4) is 0 Å². The number of carbonyl (C=O) groups excluding carboxylic acids is 1. The maximum absolute atomic E-state index is 12.2. The fourth-order valence-corrected chi connectivity index (χ4v) is 1.91. The summed E-state index contributed by atoms with van der Waals surface area (Å²) in [5.41, 5.74) is 0.148. The summed E-state index contributed by atoms with van der Waals surface area (Å²) in [5, 5.41) is 13.7. The van der Waals surface area contributed by atoms with Gasteiger partial charge in [-0.15, -0.1) is 0 Å². The molecule has 2 aromatic carbocycles. The third-order valence-corrected chi connectivity index (χ3v) is 3.00. The van der Waals surface area contributed by atoms with Crippen LogP contribution < -0.4 is 14.8 Å². The Morgan fingerprint density at radius 3 is 2.32 bits per heavy atom. The van der Waals surface area contributed by atoms with Crippen molar-refractivity contribution in [1.82, 2.24) is 0 Å². The Morgan fingerprint density at radius 1 is 1.09 bits per heavy atom. The maximum Gasteiger partial charge on any atom is 0.334 e. The van der Waals surface area contributed by atoms with Crippen LogP contribution in [0.5, 0.6) is 11.5 Å². The van der Waals surface area contributed by atoms with Gasteiger partial charge in [0, 0.05) is 5.56 Å². The van der Waals surface area contributed by atoms with E-state index in [-0.39, 0.29) is 17.1 Å². The Morgan fingerprint density at radius 2 is 1.77 bits per heavy atom. The summed E-state index contributed by atoms with van der Waals surface area (Å²) in [6.07, 6.45) is 0. The maximum atomic E-state index is 12.2. The van der Waals surface area contributed by atoms with Crippen LogP contribution in [0.4, 0.5) is 11.4 Å². The SMILES string of the molecule is COc1ccc(C(=O)Nc2cccc(OC)c2[N+](=O)[O-])cc1. The summed E-state index contributed by atoms with van der Waals surface area (Å²) in [4.78, 5) is 22.7. The topological polar surface area (TPSA) is 90.7 Å². The average molecular weight is 302 g/mol. The van der Waals surface area contributed by atoms with Gasteiger partial charge in [-0.1, -0.05) is 6.07 Å². The van der Waals surface area contributed by atoms with Crippen LogP contribution in [0.1, 0.15) is 10.4 Å². The van der Waals surface area contributed by atoms with Crippen LogP contribution in [0.25, 0.3) is 0 Å². The second-order valence-electron chi connectivity index (χ2n) is 4.30. The van der Waals surface area contributed by atoms with Gasteiger partial charge in [0.2, 0.25) is 0 Å². The van der Waals surface area contributed by atoms with Crippen molar-refractivity contribution in [3.05, 3.63) is 58.1 Å². The monoisotopic (exact) mass is 302 g/mol. The first kappa shape index (κ1) is 15.3. The number of nitrogens with one attached hydrogen (secondary N) is 1. The average Bonchev–Trinajstić information content (AvgIpc) is 2.54. The number of hydrogen-bond acceptors (Lipinski definition) is 5. The number of nitro benzene ring substituents is 1. The van der Waals surface area contributed by atoms with Gasteiger partial charge in [-0.2, -0.15) is 0 Å². The van der Waals surface area contributed by atoms with Crippen molar-refractivity contribution >= 4 is 17.3 Å². The van der Waals surface area contributed by atoms with Gasteiger partial charge in [0.05, 0.1) is 19.1 Å². The molecule has 0 saturated carbocycles. The molecule has 1 N–H and O–H groups in total. The van der Waals surface area contributed by atoms with Gasteiger partial charge in [-0.3, -0.25) is 14.9 Å². The second-order valence-corrected chi connectivity index (χ2v) is 4.30. The van der Waals surface area contributed by atoms with E-state index in [2.05, 4.69) is 5.32 Å². The number of rotatable bonds is 5. The molecule has 114 valence electrons. The lowest BCUT2D eigenvalue weighted by Crippen LogP contribution is -2.13. The van der Waals surface area contributed by atoms with E-state index in [4.69, 9.17) is 9.47 Å². The first-order chi connectivity index (χ1) is 10.6. The zero-order chi connectivity index (χ0) is 16.1. The molecule has 0 bridgehead atoms. The molecule has 0 aliphatic rings. The molecule has 0 saturated heterocycles. The number of ether oxygens (including phenoxy) is 2. The van der Waals surface area contributed by atoms with Crippen LogP contribution in [0.2, 0.25) is 0 Å². The number of nitrogens with zero attached hydrogens (tertiary/aromatic N) is 1. The highest BCUT2D eigenvalue weighted by Gasteiger charge is 2.22. The molecular formula is C15H14N2O5. The number of methoxy groups -OCH3 is 2. The van der Waals surface area contributed by atoms with Crippen molar-refractivity contribution in [1.29, 1.82) is 0 Å². The van der Waals surface area contributed by atoms with Crippen molar-refractivity contribution in [2.24, 2.45) is 0 Å². The van der Waals surface area contributed by atoms with Crippen LogP contribution in [0, 0.1) is 10.1 Å². The van der Waals surface area contributed by atoms with Crippen LogP contribution in [-0.2, 0) is 0 Å². The summed E-state index contributed by atoms with van der Waals surface area (Å²) in [6, 6.07) is 10.9. The van der Waals surface area contributed by atoms with Crippen LogP contribution in [0.15, 0.2) is 42.5 Å². The van der Waals surface area contributed by atoms with Gasteiger partial charge in [0.1, 0.15) is 11.4 Å². The van der Waals surface area contributed by atoms with Gasteiger partial charge in [-0.05, 0) is 36.4 Å². The van der Waals surface area contributed by atoms with Crippen molar-refractivity contribution < 1.29 is 19.2 Å². The normalized spacial score (nSPS) is 9.91. The Bertz CT molecular complexity index is 698. The lowest BCUT2D eigenvalue weighted by atomic mass is 10.2. The molecule has 0 aliphatic carbocycles. The lowest BCUT2D eigenvalue weighted by Gasteiger charge is -2.09. The number of benzene rings is 2. The van der Waals surface area contributed by atoms with E-state index >= 15 is 0 Å². The van der Waals surface area contributed by atoms with E-state index in [1.807, 2.05) is 0 Å². The Balaban J connectivity index is 2.29. The molecule has 0 heterocycles. The third kappa shape index (κ3) is 3.14. The van der Waals surface area contributed by atoms with Crippen molar-refractivity contribution in [3.8, 4) is 11.5 Å². The van der Waals surface area contributed by atoms with E-state index in [9.17, 15) is 14.9 Å². The third-order valence-electron chi connectivity index (χ3n) is 3.00. The minimum atomic E-state index is -0.595. The van der Waals surface area contributed by atoms with Crippen molar-refractivity contribution in [2.75, 3.05) is 19.5 Å². The van der Waals surface area contributed by atoms with E-state index < -0.39 is 10.8 Å². The molecule has 0 atom stereocenters. The first-order valence-corrected chi connectivity index (χ1v) is 6.33. The zero-order valence-electron chi connectivity index (χ0n) is 12.0.